The smallest absolute Gasteiger partial charge is 0.225 e. The molecule has 2 aromatic rings. The molecule has 4 rings (SSSR count). The van der Waals surface area contributed by atoms with E-state index in [-0.39, 0.29) is 0 Å². The van der Waals surface area contributed by atoms with Crippen molar-refractivity contribution in [3.63, 3.8) is 0 Å². The average Bonchev–Trinajstić information content (AvgIpc) is 2.77. The molecule has 1 saturated carbocycles. The molecule has 0 saturated heterocycles. The van der Waals surface area contributed by atoms with Crippen LogP contribution in [0.15, 0.2) is 18.2 Å². The Hall–Kier alpha value is -1.41. The fourth-order valence-corrected chi connectivity index (χ4v) is 5.45. The zero-order valence-corrected chi connectivity index (χ0v) is 21.3. The Morgan fingerprint density at radius 3 is 2.58 bits per heavy atom. The number of aryl methyl sites for hydroxylation is 2. The molecule has 0 amide bonds. The maximum absolute atomic E-state index is 4.90. The Labute approximate surface area is 201 Å². The van der Waals surface area contributed by atoms with E-state index in [0.29, 0.717) is 6.04 Å². The van der Waals surface area contributed by atoms with Gasteiger partial charge in [-0.1, -0.05) is 12.1 Å². The summed E-state index contributed by atoms with van der Waals surface area (Å²) in [4.78, 5) is 11.9. The first kappa shape index (κ1) is 22.8. The van der Waals surface area contributed by atoms with Crippen LogP contribution < -0.4 is 15.5 Å². The van der Waals surface area contributed by atoms with Crippen LogP contribution in [0.3, 0.4) is 0 Å². The summed E-state index contributed by atoms with van der Waals surface area (Å²) in [5.41, 5.74) is 5.36. The number of benzene rings is 1. The zero-order valence-electron chi connectivity index (χ0n) is 19.2. The predicted molar refractivity (Wildman–Crippen MR) is 138 cm³/mol. The van der Waals surface area contributed by atoms with E-state index < -0.39 is 0 Å². The first-order valence-corrected chi connectivity index (χ1v) is 12.9. The Kier molecular flexibility index (Phi) is 7.69. The van der Waals surface area contributed by atoms with Crippen molar-refractivity contribution >= 4 is 34.4 Å². The molecule has 6 heteroatoms. The lowest BCUT2D eigenvalue weighted by atomic mass is 9.86. The van der Waals surface area contributed by atoms with Gasteiger partial charge < -0.3 is 15.5 Å². The van der Waals surface area contributed by atoms with Crippen molar-refractivity contribution in [1.82, 2.24) is 15.3 Å². The third kappa shape index (κ3) is 5.89. The van der Waals surface area contributed by atoms with Gasteiger partial charge in [0.25, 0.3) is 0 Å². The molecule has 0 spiro atoms. The second kappa shape index (κ2) is 10.5. The lowest BCUT2D eigenvalue weighted by Crippen LogP contribution is -2.32. The summed E-state index contributed by atoms with van der Waals surface area (Å²) >= 11 is 2.43. The molecule has 2 N–H and O–H groups in total. The zero-order chi connectivity index (χ0) is 21.8. The molecule has 0 aliphatic heterocycles. The summed E-state index contributed by atoms with van der Waals surface area (Å²) in [6, 6.07) is 7.25. The first-order valence-electron chi connectivity index (χ1n) is 11.8. The SMILES string of the molecule is Cc1ccc(CNCC2CCC(Nc3nc4c(c(N(C)C)n3)CCCC4)CC2)cc1I. The molecular weight excluding hydrogens is 497 g/mol. The molecular formula is C25H36IN5. The van der Waals surface area contributed by atoms with Gasteiger partial charge in [-0.15, -0.1) is 0 Å². The second-order valence-electron chi connectivity index (χ2n) is 9.47. The minimum Gasteiger partial charge on any atom is -0.362 e. The molecule has 1 aromatic carbocycles. The number of fused-ring (bicyclic) bond motifs is 1. The largest absolute Gasteiger partial charge is 0.362 e. The highest BCUT2D eigenvalue weighted by Crippen LogP contribution is 2.30. The van der Waals surface area contributed by atoms with E-state index in [2.05, 4.69) is 77.3 Å². The van der Waals surface area contributed by atoms with E-state index in [9.17, 15) is 0 Å². The molecule has 5 nitrogen and oxygen atoms in total. The number of nitrogens with one attached hydrogen (secondary N) is 2. The van der Waals surface area contributed by atoms with Gasteiger partial charge in [-0.2, -0.15) is 4.98 Å². The van der Waals surface area contributed by atoms with Crippen LogP contribution in [0.1, 0.15) is 60.9 Å². The maximum Gasteiger partial charge on any atom is 0.225 e. The average molecular weight is 534 g/mol. The molecule has 2 aliphatic carbocycles. The first-order chi connectivity index (χ1) is 15.0. The number of halogens is 1. The summed E-state index contributed by atoms with van der Waals surface area (Å²) in [5.74, 6) is 2.71. The number of anilines is 2. The maximum atomic E-state index is 4.90. The van der Waals surface area contributed by atoms with Gasteiger partial charge >= 0.3 is 0 Å². The van der Waals surface area contributed by atoms with Gasteiger partial charge in [-0.25, -0.2) is 4.98 Å². The van der Waals surface area contributed by atoms with Gasteiger partial charge in [0.2, 0.25) is 5.95 Å². The monoisotopic (exact) mass is 533 g/mol. The third-order valence-electron chi connectivity index (χ3n) is 6.76. The lowest BCUT2D eigenvalue weighted by Gasteiger charge is -2.30. The molecule has 0 unspecified atom stereocenters. The van der Waals surface area contributed by atoms with Crippen LogP contribution in [0, 0.1) is 16.4 Å². The van der Waals surface area contributed by atoms with Crippen molar-refractivity contribution in [1.29, 1.82) is 0 Å². The molecule has 31 heavy (non-hydrogen) atoms. The van der Waals surface area contributed by atoms with Crippen molar-refractivity contribution < 1.29 is 0 Å². The fourth-order valence-electron chi connectivity index (χ4n) is 4.87. The summed E-state index contributed by atoms with van der Waals surface area (Å²) in [6.07, 6.45) is 9.64. The Balaban J connectivity index is 1.26. The fraction of sp³-hybridized carbons (Fsp3) is 0.600. The van der Waals surface area contributed by atoms with Gasteiger partial charge in [-0.05, 0) is 111 Å². The summed E-state index contributed by atoms with van der Waals surface area (Å²) in [5, 5.41) is 7.35. The Morgan fingerprint density at radius 1 is 1.06 bits per heavy atom. The van der Waals surface area contributed by atoms with Crippen LogP contribution in [0.5, 0.6) is 0 Å². The highest BCUT2D eigenvalue weighted by Gasteiger charge is 2.24. The number of hydrogen-bond acceptors (Lipinski definition) is 5. The summed E-state index contributed by atoms with van der Waals surface area (Å²) in [6.45, 7) is 4.24. The van der Waals surface area contributed by atoms with Crippen LogP contribution in [0.4, 0.5) is 11.8 Å². The molecule has 2 aliphatic rings. The molecule has 168 valence electrons. The molecule has 0 atom stereocenters. The van der Waals surface area contributed by atoms with Crippen LogP contribution in [0.25, 0.3) is 0 Å². The van der Waals surface area contributed by atoms with Crippen LogP contribution in [-0.4, -0.2) is 36.6 Å². The predicted octanol–water partition coefficient (Wildman–Crippen LogP) is 5.09. The number of nitrogens with zero attached hydrogens (tertiary/aromatic N) is 3. The highest BCUT2D eigenvalue weighted by molar-refractivity contribution is 14.1. The van der Waals surface area contributed by atoms with Crippen molar-refractivity contribution in [2.75, 3.05) is 30.9 Å². The Morgan fingerprint density at radius 2 is 1.84 bits per heavy atom. The van der Waals surface area contributed by atoms with Crippen LogP contribution in [-0.2, 0) is 19.4 Å². The second-order valence-corrected chi connectivity index (χ2v) is 10.6. The van der Waals surface area contributed by atoms with E-state index in [1.807, 2.05) is 0 Å². The van der Waals surface area contributed by atoms with Crippen molar-refractivity contribution in [3.8, 4) is 0 Å². The normalized spacial score (nSPS) is 20.9. The van der Waals surface area contributed by atoms with E-state index in [4.69, 9.17) is 9.97 Å². The topological polar surface area (TPSA) is 53.1 Å². The summed E-state index contributed by atoms with van der Waals surface area (Å²) in [7, 11) is 4.19. The quantitative estimate of drug-likeness (QED) is 0.486. The van der Waals surface area contributed by atoms with Crippen molar-refractivity contribution in [2.45, 2.75) is 70.9 Å². The molecule has 0 bridgehead atoms. The van der Waals surface area contributed by atoms with Crippen molar-refractivity contribution in [2.24, 2.45) is 5.92 Å². The molecule has 1 aromatic heterocycles. The van der Waals surface area contributed by atoms with Crippen molar-refractivity contribution in [3.05, 3.63) is 44.2 Å². The van der Waals surface area contributed by atoms with Crippen LogP contribution in [0.2, 0.25) is 0 Å². The number of rotatable bonds is 7. The van der Waals surface area contributed by atoms with E-state index in [1.165, 1.54) is 64.5 Å². The summed E-state index contributed by atoms with van der Waals surface area (Å²) < 4.78 is 1.35. The third-order valence-corrected chi connectivity index (χ3v) is 7.93. The number of hydrogen-bond donors (Lipinski definition) is 2. The van der Waals surface area contributed by atoms with Gasteiger partial charge in [0.15, 0.2) is 0 Å². The van der Waals surface area contributed by atoms with Gasteiger partial charge in [-0.3, -0.25) is 0 Å². The minimum atomic E-state index is 0.492. The van der Waals surface area contributed by atoms with Gasteiger partial charge in [0.05, 0.1) is 5.69 Å². The number of aromatic nitrogens is 2. The minimum absolute atomic E-state index is 0.492. The van der Waals surface area contributed by atoms with E-state index in [1.54, 1.807) is 0 Å². The van der Waals surface area contributed by atoms with E-state index in [0.717, 1.165) is 43.6 Å². The van der Waals surface area contributed by atoms with Crippen LogP contribution >= 0.6 is 22.6 Å². The van der Waals surface area contributed by atoms with E-state index >= 15 is 0 Å². The lowest BCUT2D eigenvalue weighted by molar-refractivity contribution is 0.323. The van der Waals surface area contributed by atoms with Gasteiger partial charge in [0.1, 0.15) is 5.82 Å². The standard InChI is InChI=1S/C25H36IN5/c1-17-8-9-19(14-22(17)26)16-27-15-18-10-12-20(13-11-18)28-25-29-23-7-5-4-6-21(23)24(30-25)31(2)3/h8-9,14,18,20,27H,4-7,10-13,15-16H2,1-3H3,(H,28,29,30). The molecule has 1 fully saturated rings. The molecule has 1 heterocycles. The highest BCUT2D eigenvalue weighted by atomic mass is 127. The Bertz CT molecular complexity index is 890. The molecule has 0 radical (unpaired) electrons. The van der Waals surface area contributed by atoms with Gasteiger partial charge in [0, 0.05) is 35.8 Å².